The minimum Gasteiger partial charge on any atom is -0.354 e. The van der Waals surface area contributed by atoms with E-state index in [2.05, 4.69) is 37.8 Å². The maximum absolute atomic E-state index is 12.5. The lowest BCUT2D eigenvalue weighted by Gasteiger charge is -2.36. The van der Waals surface area contributed by atoms with Crippen LogP contribution in [0.25, 0.3) is 6.08 Å². The van der Waals surface area contributed by atoms with Gasteiger partial charge in [0.05, 0.1) is 0 Å². The quantitative estimate of drug-likeness (QED) is 0.723. The Bertz CT molecular complexity index is 884. The third kappa shape index (κ3) is 4.97. The van der Waals surface area contributed by atoms with E-state index >= 15 is 0 Å². The normalized spacial score (nSPS) is 18.3. The van der Waals surface area contributed by atoms with Gasteiger partial charge in [-0.15, -0.1) is 0 Å². The van der Waals surface area contributed by atoms with Gasteiger partial charge in [0.2, 0.25) is 5.91 Å². The number of carbonyl (C=O) groups excluding carboxylic acids is 1. The Hall–Kier alpha value is -2.93. The molecule has 0 spiro atoms. The highest BCUT2D eigenvalue weighted by atomic mass is 16.2. The van der Waals surface area contributed by atoms with Gasteiger partial charge >= 0.3 is 0 Å². The Morgan fingerprint density at radius 3 is 2.03 bits per heavy atom. The number of carbonyl (C=O) groups is 1. The van der Waals surface area contributed by atoms with E-state index in [1.807, 2.05) is 48.2 Å². The van der Waals surface area contributed by atoms with Crippen LogP contribution in [0.5, 0.6) is 0 Å². The first-order valence-corrected chi connectivity index (χ1v) is 10.6. The molecule has 7 heteroatoms. The van der Waals surface area contributed by atoms with Gasteiger partial charge in [0.25, 0.3) is 0 Å². The van der Waals surface area contributed by atoms with Crippen molar-refractivity contribution in [1.29, 1.82) is 0 Å². The number of benzene rings is 1. The molecular weight excluding hydrogens is 376 g/mol. The van der Waals surface area contributed by atoms with E-state index in [0.29, 0.717) is 13.1 Å². The number of rotatable bonds is 4. The average Bonchev–Trinajstić information content (AvgIpc) is 2.78. The summed E-state index contributed by atoms with van der Waals surface area (Å²) in [6.45, 7) is 9.00. The molecule has 0 bridgehead atoms. The molecule has 1 aromatic carbocycles. The summed E-state index contributed by atoms with van der Waals surface area (Å²) < 4.78 is 0. The lowest BCUT2D eigenvalue weighted by atomic mass is 10.2. The Labute approximate surface area is 178 Å². The first-order chi connectivity index (χ1) is 14.6. The van der Waals surface area contributed by atoms with Crippen LogP contribution in [0.4, 0.5) is 11.6 Å². The van der Waals surface area contributed by atoms with Crippen molar-refractivity contribution in [2.45, 2.75) is 6.92 Å². The minimum absolute atomic E-state index is 0.0653. The molecule has 0 unspecified atom stereocenters. The van der Waals surface area contributed by atoms with Crippen molar-refractivity contribution in [3.05, 3.63) is 53.9 Å². The van der Waals surface area contributed by atoms with Gasteiger partial charge in [-0.2, -0.15) is 0 Å². The second-order valence-corrected chi connectivity index (χ2v) is 7.98. The smallest absolute Gasteiger partial charge is 0.246 e. The Morgan fingerprint density at radius 2 is 1.43 bits per heavy atom. The van der Waals surface area contributed by atoms with Crippen LogP contribution in [-0.2, 0) is 4.79 Å². The highest BCUT2D eigenvalue weighted by Gasteiger charge is 2.23. The van der Waals surface area contributed by atoms with Crippen molar-refractivity contribution in [3.8, 4) is 0 Å². The largest absolute Gasteiger partial charge is 0.354 e. The van der Waals surface area contributed by atoms with Crippen molar-refractivity contribution in [2.24, 2.45) is 0 Å². The van der Waals surface area contributed by atoms with E-state index < -0.39 is 0 Å². The van der Waals surface area contributed by atoms with E-state index in [1.54, 1.807) is 6.08 Å². The fourth-order valence-electron chi connectivity index (χ4n) is 3.89. The molecule has 1 aromatic heterocycles. The SMILES string of the molecule is Cc1nc(N2CCN(C)CC2)cc(N2CCN(C(=O)/C=C/c3ccccc3)CC2)n1. The van der Waals surface area contributed by atoms with Gasteiger partial charge in [-0.05, 0) is 25.6 Å². The van der Waals surface area contributed by atoms with Crippen molar-refractivity contribution < 1.29 is 4.79 Å². The summed E-state index contributed by atoms with van der Waals surface area (Å²) in [5, 5.41) is 0. The lowest BCUT2D eigenvalue weighted by molar-refractivity contribution is -0.126. The van der Waals surface area contributed by atoms with Gasteiger partial charge in [0, 0.05) is 64.5 Å². The maximum atomic E-state index is 12.5. The number of aryl methyl sites for hydroxylation is 1. The van der Waals surface area contributed by atoms with Crippen LogP contribution in [0.15, 0.2) is 42.5 Å². The molecule has 3 heterocycles. The number of piperazine rings is 2. The summed E-state index contributed by atoms with van der Waals surface area (Å²) >= 11 is 0. The van der Waals surface area contributed by atoms with Crippen LogP contribution in [0.1, 0.15) is 11.4 Å². The Morgan fingerprint density at radius 1 is 0.867 bits per heavy atom. The van der Waals surface area contributed by atoms with Crippen LogP contribution in [0, 0.1) is 6.92 Å². The molecule has 158 valence electrons. The van der Waals surface area contributed by atoms with Crippen molar-refractivity contribution in [2.75, 3.05) is 69.2 Å². The molecular formula is C23H30N6O. The van der Waals surface area contributed by atoms with E-state index in [-0.39, 0.29) is 5.91 Å². The van der Waals surface area contributed by atoms with Gasteiger partial charge in [0.1, 0.15) is 17.5 Å². The zero-order valence-electron chi connectivity index (χ0n) is 17.9. The molecule has 0 atom stereocenters. The van der Waals surface area contributed by atoms with Crippen LogP contribution in [0.3, 0.4) is 0 Å². The highest BCUT2D eigenvalue weighted by molar-refractivity contribution is 5.91. The number of likely N-dealkylation sites (N-methyl/N-ethyl adjacent to an activating group) is 1. The first-order valence-electron chi connectivity index (χ1n) is 10.6. The van der Waals surface area contributed by atoms with Crippen LogP contribution in [0.2, 0.25) is 0 Å². The molecule has 0 aliphatic carbocycles. The first kappa shape index (κ1) is 20.3. The zero-order chi connectivity index (χ0) is 20.9. The van der Waals surface area contributed by atoms with E-state index in [9.17, 15) is 4.79 Å². The van der Waals surface area contributed by atoms with E-state index in [1.165, 1.54) is 0 Å². The van der Waals surface area contributed by atoms with E-state index in [4.69, 9.17) is 0 Å². The standard InChI is InChI=1S/C23H30N6O/c1-19-24-21(27-12-10-26(2)11-13-27)18-22(25-19)28-14-16-29(17-15-28)23(30)9-8-20-6-4-3-5-7-20/h3-9,18H,10-17H2,1-2H3/b9-8+. The minimum atomic E-state index is 0.0653. The van der Waals surface area contributed by atoms with Crippen molar-refractivity contribution >= 4 is 23.6 Å². The van der Waals surface area contributed by atoms with Gasteiger partial charge in [-0.25, -0.2) is 9.97 Å². The molecule has 7 nitrogen and oxygen atoms in total. The van der Waals surface area contributed by atoms with Gasteiger partial charge in [-0.3, -0.25) is 4.79 Å². The molecule has 2 aliphatic heterocycles. The van der Waals surface area contributed by atoms with Crippen molar-refractivity contribution in [3.63, 3.8) is 0 Å². The predicted octanol–water partition coefficient (Wildman–Crippen LogP) is 1.90. The Kier molecular flexibility index (Phi) is 6.28. The predicted molar refractivity (Wildman–Crippen MR) is 121 cm³/mol. The number of hydrogen-bond acceptors (Lipinski definition) is 6. The van der Waals surface area contributed by atoms with Crippen LogP contribution >= 0.6 is 0 Å². The molecule has 2 aliphatic rings. The summed E-state index contributed by atoms with van der Waals surface area (Å²) in [6.07, 6.45) is 3.55. The average molecular weight is 407 g/mol. The van der Waals surface area contributed by atoms with Gasteiger partial charge < -0.3 is 19.6 Å². The summed E-state index contributed by atoms with van der Waals surface area (Å²) in [5.41, 5.74) is 1.04. The summed E-state index contributed by atoms with van der Waals surface area (Å²) in [4.78, 5) is 30.7. The number of hydrogen-bond donors (Lipinski definition) is 0. The number of nitrogens with zero attached hydrogens (tertiary/aromatic N) is 6. The topological polar surface area (TPSA) is 55.8 Å². The van der Waals surface area contributed by atoms with Gasteiger partial charge in [-0.1, -0.05) is 30.3 Å². The summed E-state index contributed by atoms with van der Waals surface area (Å²) in [7, 11) is 2.16. The lowest BCUT2D eigenvalue weighted by Crippen LogP contribution is -2.49. The van der Waals surface area contributed by atoms with Crippen LogP contribution < -0.4 is 9.80 Å². The molecule has 2 aromatic rings. The Balaban J connectivity index is 1.37. The molecule has 30 heavy (non-hydrogen) atoms. The molecule has 1 amide bonds. The molecule has 2 saturated heterocycles. The number of amides is 1. The van der Waals surface area contributed by atoms with Crippen molar-refractivity contribution in [1.82, 2.24) is 19.8 Å². The molecule has 0 radical (unpaired) electrons. The monoisotopic (exact) mass is 406 g/mol. The summed E-state index contributed by atoms with van der Waals surface area (Å²) in [6, 6.07) is 12.0. The third-order valence-corrected chi connectivity index (χ3v) is 5.77. The highest BCUT2D eigenvalue weighted by Crippen LogP contribution is 2.21. The zero-order valence-corrected chi connectivity index (χ0v) is 17.9. The second kappa shape index (κ2) is 9.26. The number of anilines is 2. The molecule has 2 fully saturated rings. The molecule has 4 rings (SSSR count). The molecule has 0 saturated carbocycles. The third-order valence-electron chi connectivity index (χ3n) is 5.77. The maximum Gasteiger partial charge on any atom is 0.246 e. The fraction of sp³-hybridized carbons (Fsp3) is 0.435. The van der Waals surface area contributed by atoms with Crippen LogP contribution in [-0.4, -0.2) is 85.1 Å². The van der Waals surface area contributed by atoms with E-state index in [0.717, 1.165) is 62.3 Å². The van der Waals surface area contributed by atoms with Gasteiger partial charge in [0.15, 0.2) is 0 Å². The molecule has 0 N–H and O–H groups in total. The fourth-order valence-corrected chi connectivity index (χ4v) is 3.89. The second-order valence-electron chi connectivity index (χ2n) is 7.98. The number of aromatic nitrogens is 2. The summed E-state index contributed by atoms with van der Waals surface area (Å²) in [5.74, 6) is 2.83.